The Balaban J connectivity index is 2.02. The third-order valence-corrected chi connectivity index (χ3v) is 2.90. The van der Waals surface area contributed by atoms with Crippen LogP contribution in [0.2, 0.25) is 0 Å². The molecule has 4 heteroatoms. The molecular formula is C10H19N3S. The predicted octanol–water partition coefficient (Wildman–Crippen LogP) is 1.95. The van der Waals surface area contributed by atoms with Crippen LogP contribution in [0, 0.1) is 6.92 Å². The molecule has 1 aromatic heterocycles. The van der Waals surface area contributed by atoms with E-state index in [1.807, 2.05) is 18.0 Å². The molecule has 80 valence electrons. The Kier molecular flexibility index (Phi) is 5.71. The number of thioether (sulfide) groups is 1. The Morgan fingerprint density at radius 1 is 1.50 bits per heavy atom. The summed E-state index contributed by atoms with van der Waals surface area (Å²) in [5.74, 6) is 1.27. The second-order valence-corrected chi connectivity index (χ2v) is 4.38. The summed E-state index contributed by atoms with van der Waals surface area (Å²) in [5.41, 5.74) is 2.44. The van der Waals surface area contributed by atoms with Crippen LogP contribution in [0.25, 0.3) is 0 Å². The summed E-state index contributed by atoms with van der Waals surface area (Å²) in [4.78, 5) is 0. The van der Waals surface area contributed by atoms with Gasteiger partial charge in [-0.25, -0.2) is 0 Å². The number of rotatable bonds is 7. The highest BCUT2D eigenvalue weighted by molar-refractivity contribution is 7.98. The molecule has 0 spiro atoms. The fourth-order valence-corrected chi connectivity index (χ4v) is 1.77. The van der Waals surface area contributed by atoms with Crippen LogP contribution in [-0.4, -0.2) is 28.8 Å². The number of nitrogens with one attached hydrogen (secondary N) is 2. The third-order valence-electron chi connectivity index (χ3n) is 2.20. The molecule has 2 N–H and O–H groups in total. The van der Waals surface area contributed by atoms with Crippen molar-refractivity contribution in [2.75, 3.05) is 18.6 Å². The average molecular weight is 213 g/mol. The average Bonchev–Trinajstić information content (AvgIpc) is 2.58. The molecule has 3 nitrogen and oxygen atoms in total. The maximum atomic E-state index is 3.98. The summed E-state index contributed by atoms with van der Waals surface area (Å²) in [7, 11) is 0. The van der Waals surface area contributed by atoms with Crippen molar-refractivity contribution < 1.29 is 0 Å². The minimum Gasteiger partial charge on any atom is -0.313 e. The number of unbranched alkanes of at least 4 members (excludes halogenated alkanes) is 1. The summed E-state index contributed by atoms with van der Waals surface area (Å²) in [6, 6.07) is 0. The first-order chi connectivity index (χ1) is 6.84. The van der Waals surface area contributed by atoms with Crippen molar-refractivity contribution in [3.05, 3.63) is 17.5 Å². The standard InChI is InChI=1S/C10H19N3S/c1-9-10(8-12-13-9)7-11-5-3-4-6-14-2/h8,11H,3-7H2,1-2H3,(H,12,13). The zero-order valence-corrected chi connectivity index (χ0v) is 9.78. The fraction of sp³-hybridized carbons (Fsp3) is 0.700. The summed E-state index contributed by atoms with van der Waals surface area (Å²) >= 11 is 1.92. The largest absolute Gasteiger partial charge is 0.313 e. The molecule has 0 fully saturated rings. The SMILES string of the molecule is CSCCCCNCc1cn[nH]c1C. The maximum absolute atomic E-state index is 3.98. The van der Waals surface area contributed by atoms with Gasteiger partial charge in [-0.3, -0.25) is 5.10 Å². The van der Waals surface area contributed by atoms with Crippen molar-refractivity contribution in [3.63, 3.8) is 0 Å². The van der Waals surface area contributed by atoms with Crippen LogP contribution in [-0.2, 0) is 6.54 Å². The van der Waals surface area contributed by atoms with E-state index >= 15 is 0 Å². The van der Waals surface area contributed by atoms with E-state index in [4.69, 9.17) is 0 Å². The van der Waals surface area contributed by atoms with Gasteiger partial charge in [-0.15, -0.1) is 0 Å². The van der Waals surface area contributed by atoms with Crippen molar-refractivity contribution in [2.45, 2.75) is 26.3 Å². The van der Waals surface area contributed by atoms with E-state index in [-0.39, 0.29) is 0 Å². The monoisotopic (exact) mass is 213 g/mol. The zero-order valence-electron chi connectivity index (χ0n) is 8.97. The lowest BCUT2D eigenvalue weighted by atomic mass is 10.2. The van der Waals surface area contributed by atoms with Crippen LogP contribution in [0.3, 0.4) is 0 Å². The molecule has 0 saturated heterocycles. The molecule has 1 aromatic rings. The predicted molar refractivity (Wildman–Crippen MR) is 62.6 cm³/mol. The van der Waals surface area contributed by atoms with Crippen LogP contribution >= 0.6 is 11.8 Å². The van der Waals surface area contributed by atoms with E-state index in [1.165, 1.54) is 29.9 Å². The number of aromatic nitrogens is 2. The van der Waals surface area contributed by atoms with Crippen LogP contribution in [0.5, 0.6) is 0 Å². The van der Waals surface area contributed by atoms with Crippen molar-refractivity contribution >= 4 is 11.8 Å². The van der Waals surface area contributed by atoms with E-state index in [0.29, 0.717) is 0 Å². The highest BCUT2D eigenvalue weighted by Crippen LogP contribution is 2.02. The van der Waals surface area contributed by atoms with Crippen molar-refractivity contribution in [3.8, 4) is 0 Å². The van der Waals surface area contributed by atoms with Gasteiger partial charge in [-0.05, 0) is 38.3 Å². The number of hydrogen-bond acceptors (Lipinski definition) is 3. The molecule has 1 rings (SSSR count). The van der Waals surface area contributed by atoms with Crippen molar-refractivity contribution in [1.82, 2.24) is 15.5 Å². The van der Waals surface area contributed by atoms with Gasteiger partial charge in [0.1, 0.15) is 0 Å². The van der Waals surface area contributed by atoms with Crippen LogP contribution in [0.1, 0.15) is 24.1 Å². The second kappa shape index (κ2) is 6.90. The Labute approximate surface area is 90.1 Å². The van der Waals surface area contributed by atoms with Gasteiger partial charge >= 0.3 is 0 Å². The topological polar surface area (TPSA) is 40.7 Å². The van der Waals surface area contributed by atoms with Crippen LogP contribution in [0.15, 0.2) is 6.20 Å². The molecular weight excluding hydrogens is 194 g/mol. The number of aromatic amines is 1. The minimum atomic E-state index is 0.932. The Morgan fingerprint density at radius 3 is 3.00 bits per heavy atom. The molecule has 0 amide bonds. The molecule has 0 aromatic carbocycles. The number of hydrogen-bond donors (Lipinski definition) is 2. The van der Waals surface area contributed by atoms with Crippen molar-refractivity contribution in [1.29, 1.82) is 0 Å². The van der Waals surface area contributed by atoms with Crippen molar-refractivity contribution in [2.24, 2.45) is 0 Å². The molecule has 0 atom stereocenters. The Hall–Kier alpha value is -0.480. The van der Waals surface area contributed by atoms with Gasteiger partial charge in [0.15, 0.2) is 0 Å². The van der Waals surface area contributed by atoms with E-state index in [1.54, 1.807) is 0 Å². The lowest BCUT2D eigenvalue weighted by Gasteiger charge is -2.03. The molecule has 0 aliphatic rings. The van der Waals surface area contributed by atoms with Gasteiger partial charge in [0, 0.05) is 17.8 Å². The molecule has 0 aliphatic heterocycles. The molecule has 0 saturated carbocycles. The van der Waals surface area contributed by atoms with Gasteiger partial charge in [0.2, 0.25) is 0 Å². The highest BCUT2D eigenvalue weighted by atomic mass is 32.2. The molecule has 1 heterocycles. The Bertz CT molecular complexity index is 247. The van der Waals surface area contributed by atoms with Gasteiger partial charge in [-0.2, -0.15) is 16.9 Å². The van der Waals surface area contributed by atoms with E-state index < -0.39 is 0 Å². The first kappa shape index (κ1) is 11.6. The first-order valence-electron chi connectivity index (χ1n) is 5.03. The summed E-state index contributed by atoms with van der Waals surface area (Å²) in [6.07, 6.45) is 6.61. The van der Waals surface area contributed by atoms with E-state index in [0.717, 1.165) is 13.1 Å². The summed E-state index contributed by atoms with van der Waals surface area (Å²) < 4.78 is 0. The van der Waals surface area contributed by atoms with Gasteiger partial charge in [0.25, 0.3) is 0 Å². The van der Waals surface area contributed by atoms with Gasteiger partial charge in [-0.1, -0.05) is 0 Å². The highest BCUT2D eigenvalue weighted by Gasteiger charge is 1.98. The quantitative estimate of drug-likeness (QED) is 0.680. The van der Waals surface area contributed by atoms with Crippen LogP contribution in [0.4, 0.5) is 0 Å². The van der Waals surface area contributed by atoms with Crippen LogP contribution < -0.4 is 5.32 Å². The number of nitrogens with zero attached hydrogens (tertiary/aromatic N) is 1. The Morgan fingerprint density at radius 2 is 2.36 bits per heavy atom. The normalized spacial score (nSPS) is 10.7. The van der Waals surface area contributed by atoms with Gasteiger partial charge in [0.05, 0.1) is 6.20 Å². The summed E-state index contributed by atoms with van der Waals surface area (Å²) in [5, 5.41) is 10.3. The molecule has 0 aliphatic carbocycles. The first-order valence-corrected chi connectivity index (χ1v) is 6.42. The molecule has 14 heavy (non-hydrogen) atoms. The van der Waals surface area contributed by atoms with E-state index in [9.17, 15) is 0 Å². The smallest absolute Gasteiger partial charge is 0.0535 e. The minimum absolute atomic E-state index is 0.932. The molecule has 0 unspecified atom stereocenters. The molecule has 0 bridgehead atoms. The van der Waals surface area contributed by atoms with Gasteiger partial charge < -0.3 is 5.32 Å². The third kappa shape index (κ3) is 4.15. The molecule has 0 radical (unpaired) electrons. The second-order valence-electron chi connectivity index (χ2n) is 3.40. The fourth-order valence-electron chi connectivity index (χ4n) is 1.27. The maximum Gasteiger partial charge on any atom is 0.0535 e. The number of aryl methyl sites for hydroxylation is 1. The van der Waals surface area contributed by atoms with E-state index in [2.05, 4.69) is 28.7 Å². The zero-order chi connectivity index (χ0) is 10.2. The lowest BCUT2D eigenvalue weighted by Crippen LogP contribution is -2.15. The lowest BCUT2D eigenvalue weighted by molar-refractivity contribution is 0.642. The summed E-state index contributed by atoms with van der Waals surface area (Å²) in [6.45, 7) is 4.09. The number of H-pyrrole nitrogens is 1.